The number of rotatable bonds is 2. The lowest BCUT2D eigenvalue weighted by atomic mass is 10.2. The van der Waals surface area contributed by atoms with Crippen LogP contribution >= 0.6 is 27.5 Å². The van der Waals surface area contributed by atoms with Gasteiger partial charge in [-0.1, -0.05) is 11.6 Å². The Morgan fingerprint density at radius 1 is 1.38 bits per heavy atom. The summed E-state index contributed by atoms with van der Waals surface area (Å²) in [5, 5.41) is 0.546. The van der Waals surface area contributed by atoms with E-state index in [4.69, 9.17) is 16.0 Å². The number of hydrogen-bond acceptors (Lipinski definition) is 2. The fraction of sp³-hybridized carbons (Fsp3) is 0.100. The number of benzene rings is 1. The average Bonchev–Trinajstić information content (AvgIpc) is 2.66. The SMILES string of the molecule is FC(F)c1ncc(-c2ccc(Cl)cc2Br)o1. The van der Waals surface area contributed by atoms with Gasteiger partial charge in [-0.15, -0.1) is 0 Å². The molecule has 0 spiro atoms. The van der Waals surface area contributed by atoms with Gasteiger partial charge in [0, 0.05) is 15.1 Å². The Kier molecular flexibility index (Phi) is 3.25. The molecule has 1 heterocycles. The molecule has 0 amide bonds. The van der Waals surface area contributed by atoms with Crippen LogP contribution < -0.4 is 0 Å². The Morgan fingerprint density at radius 3 is 2.69 bits per heavy atom. The fourth-order valence-corrected chi connectivity index (χ4v) is 2.08. The Morgan fingerprint density at radius 2 is 2.12 bits per heavy atom. The maximum Gasteiger partial charge on any atom is 0.313 e. The second-order valence-corrected chi connectivity index (χ2v) is 4.28. The van der Waals surface area contributed by atoms with E-state index >= 15 is 0 Å². The van der Waals surface area contributed by atoms with Crippen LogP contribution in [0.1, 0.15) is 12.3 Å². The predicted octanol–water partition coefficient (Wildman–Crippen LogP) is 4.70. The van der Waals surface area contributed by atoms with Crippen LogP contribution in [-0.2, 0) is 0 Å². The van der Waals surface area contributed by atoms with Gasteiger partial charge in [0.1, 0.15) is 0 Å². The molecule has 6 heteroatoms. The zero-order chi connectivity index (χ0) is 11.7. The monoisotopic (exact) mass is 307 g/mol. The Balaban J connectivity index is 2.42. The summed E-state index contributed by atoms with van der Waals surface area (Å²) in [5.74, 6) is -0.310. The summed E-state index contributed by atoms with van der Waals surface area (Å²) in [7, 11) is 0. The minimum absolute atomic E-state index is 0.277. The standard InChI is InChI=1S/C10H5BrClF2NO/c11-7-3-5(12)1-2-6(7)8-4-15-10(16-8)9(13)14/h1-4,9H. The van der Waals surface area contributed by atoms with E-state index in [1.165, 1.54) is 6.20 Å². The first kappa shape index (κ1) is 11.5. The van der Waals surface area contributed by atoms with Gasteiger partial charge in [-0.05, 0) is 34.1 Å². The lowest BCUT2D eigenvalue weighted by Gasteiger charge is -2.00. The number of alkyl halides is 2. The third kappa shape index (κ3) is 2.25. The molecule has 0 aliphatic rings. The lowest BCUT2D eigenvalue weighted by Crippen LogP contribution is -1.80. The molecule has 0 aliphatic heterocycles. The molecular weight excluding hydrogens is 303 g/mol. The summed E-state index contributed by atoms with van der Waals surface area (Å²) >= 11 is 9.03. The molecule has 1 aromatic heterocycles. The van der Waals surface area contributed by atoms with Crippen molar-refractivity contribution in [2.75, 3.05) is 0 Å². The lowest BCUT2D eigenvalue weighted by molar-refractivity contribution is 0.116. The van der Waals surface area contributed by atoms with Crippen molar-refractivity contribution < 1.29 is 13.2 Å². The molecule has 0 saturated carbocycles. The van der Waals surface area contributed by atoms with Crippen LogP contribution in [0.25, 0.3) is 11.3 Å². The van der Waals surface area contributed by atoms with Crippen molar-refractivity contribution in [3.05, 3.63) is 39.8 Å². The largest absolute Gasteiger partial charge is 0.435 e. The maximum atomic E-state index is 12.3. The van der Waals surface area contributed by atoms with Crippen molar-refractivity contribution in [1.29, 1.82) is 0 Å². The normalized spacial score (nSPS) is 11.1. The summed E-state index contributed by atoms with van der Waals surface area (Å²) < 4.78 is 30.1. The molecule has 16 heavy (non-hydrogen) atoms. The summed E-state index contributed by atoms with van der Waals surface area (Å²) in [4.78, 5) is 3.49. The van der Waals surface area contributed by atoms with E-state index in [0.29, 0.717) is 15.1 Å². The zero-order valence-electron chi connectivity index (χ0n) is 7.75. The van der Waals surface area contributed by atoms with E-state index in [9.17, 15) is 8.78 Å². The molecule has 0 bridgehead atoms. The van der Waals surface area contributed by atoms with Crippen molar-refractivity contribution in [2.24, 2.45) is 0 Å². The first-order valence-corrected chi connectivity index (χ1v) is 5.44. The molecule has 0 unspecified atom stereocenters. The Hall–Kier alpha value is -0.940. The molecule has 1 aromatic carbocycles. The summed E-state index contributed by atoms with van der Waals surface area (Å²) in [6, 6.07) is 4.97. The van der Waals surface area contributed by atoms with E-state index < -0.39 is 12.3 Å². The highest BCUT2D eigenvalue weighted by atomic mass is 79.9. The van der Waals surface area contributed by atoms with Gasteiger partial charge in [-0.2, -0.15) is 8.78 Å². The highest BCUT2D eigenvalue weighted by Gasteiger charge is 2.16. The van der Waals surface area contributed by atoms with E-state index in [1.807, 2.05) is 0 Å². The first-order chi connectivity index (χ1) is 7.58. The van der Waals surface area contributed by atoms with Gasteiger partial charge >= 0.3 is 6.43 Å². The molecule has 2 nitrogen and oxygen atoms in total. The van der Waals surface area contributed by atoms with Crippen molar-refractivity contribution in [3.8, 4) is 11.3 Å². The topological polar surface area (TPSA) is 26.0 Å². The molecule has 0 atom stereocenters. The van der Waals surface area contributed by atoms with Gasteiger partial charge in [0.25, 0.3) is 5.89 Å². The zero-order valence-corrected chi connectivity index (χ0v) is 10.1. The quantitative estimate of drug-likeness (QED) is 0.804. The van der Waals surface area contributed by atoms with Crippen LogP contribution in [-0.4, -0.2) is 4.98 Å². The van der Waals surface area contributed by atoms with E-state index in [1.54, 1.807) is 18.2 Å². The molecule has 0 N–H and O–H groups in total. The van der Waals surface area contributed by atoms with Crippen molar-refractivity contribution in [2.45, 2.75) is 6.43 Å². The Bertz CT molecular complexity index is 515. The van der Waals surface area contributed by atoms with Gasteiger partial charge in [-0.25, -0.2) is 4.98 Å². The highest BCUT2D eigenvalue weighted by Crippen LogP contribution is 2.32. The smallest absolute Gasteiger partial charge is 0.313 e. The summed E-state index contributed by atoms with van der Waals surface area (Å²) in [6.07, 6.45) is -1.45. The second kappa shape index (κ2) is 4.51. The molecular formula is C10H5BrClF2NO. The molecule has 0 fully saturated rings. The van der Waals surface area contributed by atoms with Crippen LogP contribution in [0.2, 0.25) is 5.02 Å². The van der Waals surface area contributed by atoms with Gasteiger partial charge in [-0.3, -0.25) is 0 Å². The predicted molar refractivity (Wildman–Crippen MR) is 59.6 cm³/mol. The van der Waals surface area contributed by atoms with Crippen molar-refractivity contribution in [3.63, 3.8) is 0 Å². The van der Waals surface area contributed by atoms with Crippen molar-refractivity contribution in [1.82, 2.24) is 4.98 Å². The Labute approximate surface area is 103 Å². The summed E-state index contributed by atoms with van der Waals surface area (Å²) in [6.45, 7) is 0. The number of oxazole rings is 1. The molecule has 2 aromatic rings. The van der Waals surface area contributed by atoms with Gasteiger partial charge in [0.15, 0.2) is 5.76 Å². The number of halogens is 4. The average molecular weight is 309 g/mol. The van der Waals surface area contributed by atoms with Crippen LogP contribution in [0.4, 0.5) is 8.78 Å². The molecule has 0 radical (unpaired) electrons. The molecule has 0 saturated heterocycles. The van der Waals surface area contributed by atoms with E-state index in [0.717, 1.165) is 0 Å². The maximum absolute atomic E-state index is 12.3. The first-order valence-electron chi connectivity index (χ1n) is 4.27. The summed E-state index contributed by atoms with van der Waals surface area (Å²) in [5.41, 5.74) is 0.629. The molecule has 2 rings (SSSR count). The highest BCUT2D eigenvalue weighted by molar-refractivity contribution is 9.10. The third-order valence-electron chi connectivity index (χ3n) is 1.91. The second-order valence-electron chi connectivity index (χ2n) is 2.99. The van der Waals surface area contributed by atoms with E-state index in [-0.39, 0.29) is 5.76 Å². The number of hydrogen-bond donors (Lipinski definition) is 0. The number of aromatic nitrogens is 1. The van der Waals surface area contributed by atoms with E-state index in [2.05, 4.69) is 20.9 Å². The third-order valence-corrected chi connectivity index (χ3v) is 2.80. The minimum atomic E-state index is -2.71. The van der Waals surface area contributed by atoms with Crippen LogP contribution in [0.15, 0.2) is 33.3 Å². The van der Waals surface area contributed by atoms with Crippen LogP contribution in [0.3, 0.4) is 0 Å². The van der Waals surface area contributed by atoms with Gasteiger partial charge < -0.3 is 4.42 Å². The van der Waals surface area contributed by atoms with Gasteiger partial charge in [0.05, 0.1) is 6.20 Å². The van der Waals surface area contributed by atoms with Gasteiger partial charge in [0.2, 0.25) is 0 Å². The van der Waals surface area contributed by atoms with Crippen LogP contribution in [0.5, 0.6) is 0 Å². The fourth-order valence-electron chi connectivity index (χ4n) is 1.20. The van der Waals surface area contributed by atoms with Crippen molar-refractivity contribution >= 4 is 27.5 Å². The molecule has 0 aliphatic carbocycles. The minimum Gasteiger partial charge on any atom is -0.435 e. The number of nitrogens with zero attached hydrogens (tertiary/aromatic N) is 1. The molecule has 84 valence electrons. The van der Waals surface area contributed by atoms with Crippen LogP contribution in [0, 0.1) is 0 Å².